The molecule has 0 radical (unpaired) electrons. The largest absolute Gasteiger partial charge is 0.321 e. The van der Waals surface area contributed by atoms with Crippen LogP contribution in [0, 0.1) is 28.4 Å². The summed E-state index contributed by atoms with van der Waals surface area (Å²) in [6, 6.07) is 14.7. The number of anilines is 1. The summed E-state index contributed by atoms with van der Waals surface area (Å²) in [5, 5.41) is 22.4. The third kappa shape index (κ3) is 4.02. The summed E-state index contributed by atoms with van der Waals surface area (Å²) in [6.45, 7) is 1.85. The highest BCUT2D eigenvalue weighted by Gasteiger charge is 2.11. The van der Waals surface area contributed by atoms with E-state index in [9.17, 15) is 14.9 Å². The van der Waals surface area contributed by atoms with Crippen molar-refractivity contribution in [2.24, 2.45) is 0 Å². The van der Waals surface area contributed by atoms with Crippen molar-refractivity contribution < 1.29 is 9.72 Å². The molecule has 2 aromatic carbocycles. The second-order valence-electron chi connectivity index (χ2n) is 4.79. The van der Waals surface area contributed by atoms with Crippen LogP contribution in [0.15, 0.2) is 54.1 Å². The number of nitro benzene ring substituents is 1. The first kappa shape index (κ1) is 15.9. The normalized spacial score (nSPS) is 10.7. The van der Waals surface area contributed by atoms with Gasteiger partial charge in [0, 0.05) is 17.8 Å². The molecule has 6 nitrogen and oxygen atoms in total. The van der Waals surface area contributed by atoms with E-state index in [1.807, 2.05) is 25.1 Å². The van der Waals surface area contributed by atoms with Crippen LogP contribution in [0.5, 0.6) is 0 Å². The second kappa shape index (κ2) is 7.00. The van der Waals surface area contributed by atoms with E-state index in [1.165, 1.54) is 30.3 Å². The maximum atomic E-state index is 12.2. The topological polar surface area (TPSA) is 96.0 Å². The lowest BCUT2D eigenvalue weighted by atomic mass is 10.1. The van der Waals surface area contributed by atoms with Crippen molar-refractivity contribution in [3.63, 3.8) is 0 Å². The molecule has 0 aliphatic carbocycles. The van der Waals surface area contributed by atoms with Gasteiger partial charge in [0.2, 0.25) is 0 Å². The van der Waals surface area contributed by atoms with Crippen molar-refractivity contribution in [3.8, 4) is 6.07 Å². The van der Waals surface area contributed by atoms with Gasteiger partial charge in [-0.2, -0.15) is 5.26 Å². The van der Waals surface area contributed by atoms with Crippen LogP contribution in [0.3, 0.4) is 0 Å². The molecular weight excluding hydrogens is 294 g/mol. The van der Waals surface area contributed by atoms with Gasteiger partial charge in [-0.15, -0.1) is 0 Å². The number of nitro groups is 1. The fourth-order valence-electron chi connectivity index (χ4n) is 1.91. The number of carbonyl (C=O) groups is 1. The van der Waals surface area contributed by atoms with Crippen LogP contribution in [0.4, 0.5) is 11.4 Å². The minimum atomic E-state index is -0.528. The van der Waals surface area contributed by atoms with E-state index in [1.54, 1.807) is 12.1 Å². The summed E-state index contributed by atoms with van der Waals surface area (Å²) < 4.78 is 0. The van der Waals surface area contributed by atoms with Crippen molar-refractivity contribution in [2.45, 2.75) is 6.92 Å². The second-order valence-corrected chi connectivity index (χ2v) is 4.79. The van der Waals surface area contributed by atoms with Crippen LogP contribution < -0.4 is 5.32 Å². The number of benzene rings is 2. The molecular formula is C17H13N3O3. The molecule has 2 rings (SSSR count). The van der Waals surface area contributed by atoms with Gasteiger partial charge < -0.3 is 5.32 Å². The molecule has 2 aromatic rings. The van der Waals surface area contributed by atoms with Crippen molar-refractivity contribution in [3.05, 3.63) is 75.3 Å². The Labute approximate surface area is 132 Å². The summed E-state index contributed by atoms with van der Waals surface area (Å²) in [5.74, 6) is -0.528. The molecule has 0 aromatic heterocycles. The van der Waals surface area contributed by atoms with Crippen LogP contribution in [0.1, 0.15) is 11.1 Å². The third-order valence-electron chi connectivity index (χ3n) is 3.17. The van der Waals surface area contributed by atoms with E-state index in [4.69, 9.17) is 5.26 Å². The molecule has 0 unspecified atom stereocenters. The summed E-state index contributed by atoms with van der Waals surface area (Å²) in [6.07, 6.45) is 1.39. The highest BCUT2D eigenvalue weighted by Crippen LogP contribution is 2.17. The molecule has 0 aliphatic rings. The minimum absolute atomic E-state index is 0.0509. The Bertz CT molecular complexity index is 818. The Balaban J connectivity index is 2.21. The first-order chi connectivity index (χ1) is 11.0. The summed E-state index contributed by atoms with van der Waals surface area (Å²) in [4.78, 5) is 22.3. The SMILES string of the molecule is Cc1ccccc1NC(=O)C(C#N)=Cc1ccc([N+](=O)[O-])cc1. The smallest absolute Gasteiger partial charge is 0.269 e. The van der Waals surface area contributed by atoms with Gasteiger partial charge in [0.1, 0.15) is 11.6 Å². The van der Waals surface area contributed by atoms with Crippen molar-refractivity contribution >= 4 is 23.4 Å². The number of para-hydroxylation sites is 1. The first-order valence-electron chi connectivity index (χ1n) is 6.74. The summed E-state index contributed by atoms with van der Waals surface area (Å²) in [7, 11) is 0. The standard InChI is InChI=1S/C17H13N3O3/c1-12-4-2-3-5-16(12)19-17(21)14(11-18)10-13-6-8-15(9-7-13)20(22)23/h2-10H,1H3,(H,19,21). The van der Waals surface area contributed by atoms with Gasteiger partial charge >= 0.3 is 0 Å². The average molecular weight is 307 g/mol. The zero-order chi connectivity index (χ0) is 16.8. The molecule has 0 saturated heterocycles. The minimum Gasteiger partial charge on any atom is -0.321 e. The molecule has 0 fully saturated rings. The number of hydrogen-bond donors (Lipinski definition) is 1. The van der Waals surface area contributed by atoms with Crippen LogP contribution in [0.25, 0.3) is 6.08 Å². The molecule has 1 N–H and O–H groups in total. The Hall–Kier alpha value is -3.46. The number of nitrogens with zero attached hydrogens (tertiary/aromatic N) is 2. The highest BCUT2D eigenvalue weighted by atomic mass is 16.6. The van der Waals surface area contributed by atoms with Crippen LogP contribution in [-0.2, 0) is 4.79 Å². The highest BCUT2D eigenvalue weighted by molar-refractivity contribution is 6.09. The lowest BCUT2D eigenvalue weighted by Gasteiger charge is -2.07. The first-order valence-corrected chi connectivity index (χ1v) is 6.74. The maximum Gasteiger partial charge on any atom is 0.269 e. The number of nitriles is 1. The molecule has 0 spiro atoms. The van der Waals surface area contributed by atoms with Gasteiger partial charge in [0.05, 0.1) is 4.92 Å². The van der Waals surface area contributed by atoms with Crippen LogP contribution >= 0.6 is 0 Å². The van der Waals surface area contributed by atoms with Crippen LogP contribution in [-0.4, -0.2) is 10.8 Å². The molecule has 0 aliphatic heterocycles. The number of carbonyl (C=O) groups excluding carboxylic acids is 1. The fraction of sp³-hybridized carbons (Fsp3) is 0.0588. The maximum absolute atomic E-state index is 12.2. The van der Waals surface area contributed by atoms with E-state index >= 15 is 0 Å². The van der Waals surface area contributed by atoms with E-state index in [2.05, 4.69) is 5.32 Å². The quantitative estimate of drug-likeness (QED) is 0.405. The lowest BCUT2D eigenvalue weighted by molar-refractivity contribution is -0.384. The Morgan fingerprint density at radius 1 is 1.22 bits per heavy atom. The van der Waals surface area contributed by atoms with Crippen molar-refractivity contribution in [2.75, 3.05) is 5.32 Å². The van der Waals surface area contributed by atoms with Crippen LogP contribution in [0.2, 0.25) is 0 Å². The molecule has 23 heavy (non-hydrogen) atoms. The predicted molar refractivity (Wildman–Crippen MR) is 86.5 cm³/mol. The number of amides is 1. The Morgan fingerprint density at radius 2 is 1.87 bits per heavy atom. The van der Waals surface area contributed by atoms with Gasteiger partial charge in [-0.3, -0.25) is 14.9 Å². The van der Waals surface area contributed by atoms with E-state index in [0.717, 1.165) is 5.56 Å². The average Bonchev–Trinajstić information content (AvgIpc) is 2.55. The van der Waals surface area contributed by atoms with Gasteiger partial charge in [-0.05, 0) is 42.3 Å². The van der Waals surface area contributed by atoms with Gasteiger partial charge in [-0.25, -0.2) is 0 Å². The van der Waals surface area contributed by atoms with E-state index < -0.39 is 10.8 Å². The number of rotatable bonds is 4. The number of aryl methyl sites for hydroxylation is 1. The number of hydrogen-bond acceptors (Lipinski definition) is 4. The molecule has 6 heteroatoms. The van der Waals surface area contributed by atoms with Gasteiger partial charge in [-0.1, -0.05) is 18.2 Å². The third-order valence-corrected chi connectivity index (χ3v) is 3.17. The van der Waals surface area contributed by atoms with E-state index in [-0.39, 0.29) is 11.3 Å². The van der Waals surface area contributed by atoms with Crippen molar-refractivity contribution in [1.82, 2.24) is 0 Å². The Kier molecular flexibility index (Phi) is 4.85. The summed E-state index contributed by atoms with van der Waals surface area (Å²) >= 11 is 0. The van der Waals surface area contributed by atoms with Gasteiger partial charge in [0.15, 0.2) is 0 Å². The number of non-ortho nitro benzene ring substituents is 1. The molecule has 0 saturated carbocycles. The van der Waals surface area contributed by atoms with Crippen molar-refractivity contribution in [1.29, 1.82) is 5.26 Å². The zero-order valence-electron chi connectivity index (χ0n) is 12.3. The zero-order valence-corrected chi connectivity index (χ0v) is 12.3. The predicted octanol–water partition coefficient (Wildman–Crippen LogP) is 3.45. The van der Waals surface area contributed by atoms with E-state index in [0.29, 0.717) is 11.3 Å². The molecule has 114 valence electrons. The monoisotopic (exact) mass is 307 g/mol. The Morgan fingerprint density at radius 3 is 2.43 bits per heavy atom. The summed E-state index contributed by atoms with van der Waals surface area (Å²) in [5.41, 5.74) is 1.91. The molecule has 0 atom stereocenters. The van der Waals surface area contributed by atoms with Gasteiger partial charge in [0.25, 0.3) is 11.6 Å². The molecule has 0 bridgehead atoms. The number of nitrogens with one attached hydrogen (secondary N) is 1. The molecule has 0 heterocycles. The lowest BCUT2D eigenvalue weighted by Crippen LogP contribution is -2.14. The molecule has 1 amide bonds. The fourth-order valence-corrected chi connectivity index (χ4v) is 1.91.